The maximum absolute atomic E-state index is 6.13. The fourth-order valence-electron chi connectivity index (χ4n) is 5.82. The first-order valence-electron chi connectivity index (χ1n) is 7.52. The maximum Gasteiger partial charge on any atom is 0.0688 e. The van der Waals surface area contributed by atoms with Crippen LogP contribution < -0.4 is 0 Å². The van der Waals surface area contributed by atoms with Crippen molar-refractivity contribution in [3.05, 3.63) is 0 Å². The van der Waals surface area contributed by atoms with E-state index in [1.165, 1.54) is 38.5 Å². The molecule has 0 spiro atoms. The minimum Gasteiger partial charge on any atom is -0.375 e. The molecule has 1 heteroatoms. The molecule has 0 bridgehead atoms. The van der Waals surface area contributed by atoms with Gasteiger partial charge >= 0.3 is 0 Å². The second-order valence-electron chi connectivity index (χ2n) is 7.94. The van der Waals surface area contributed by atoms with Gasteiger partial charge in [-0.2, -0.15) is 0 Å². The van der Waals surface area contributed by atoms with Crippen LogP contribution in [0, 0.1) is 22.7 Å². The van der Waals surface area contributed by atoms with E-state index in [2.05, 4.69) is 27.7 Å². The van der Waals surface area contributed by atoms with E-state index in [9.17, 15) is 0 Å². The summed E-state index contributed by atoms with van der Waals surface area (Å²) in [7, 11) is 0. The van der Waals surface area contributed by atoms with Gasteiger partial charge in [0.2, 0.25) is 0 Å². The van der Waals surface area contributed by atoms with E-state index in [1.54, 1.807) is 0 Å². The van der Waals surface area contributed by atoms with Crippen LogP contribution in [0.1, 0.15) is 66.2 Å². The highest BCUT2D eigenvalue weighted by Gasteiger charge is 2.60. The molecule has 1 saturated heterocycles. The summed E-state index contributed by atoms with van der Waals surface area (Å²) in [6, 6.07) is 0. The lowest BCUT2D eigenvalue weighted by molar-refractivity contribution is -0.147. The van der Waals surface area contributed by atoms with Crippen molar-refractivity contribution in [2.24, 2.45) is 22.7 Å². The topological polar surface area (TPSA) is 9.23 Å². The first-order valence-corrected chi connectivity index (χ1v) is 7.52. The number of ether oxygens (including phenoxy) is 1. The average Bonchev–Trinajstić information content (AvgIpc) is 2.60. The lowest BCUT2D eigenvalue weighted by Crippen LogP contribution is -2.55. The molecule has 98 valence electrons. The molecule has 0 amide bonds. The largest absolute Gasteiger partial charge is 0.375 e. The summed E-state index contributed by atoms with van der Waals surface area (Å²) in [5.41, 5.74) is 1.31. The Morgan fingerprint density at radius 2 is 1.65 bits per heavy atom. The molecule has 1 aliphatic heterocycles. The fourth-order valence-corrected chi connectivity index (χ4v) is 5.82. The van der Waals surface area contributed by atoms with E-state index in [4.69, 9.17) is 4.74 Å². The van der Waals surface area contributed by atoms with Crippen LogP contribution in [0.4, 0.5) is 0 Å². The molecule has 1 nitrogen and oxygen atoms in total. The highest BCUT2D eigenvalue weighted by molar-refractivity contribution is 5.09. The highest BCUT2D eigenvalue weighted by atomic mass is 16.5. The first kappa shape index (κ1) is 12.0. The molecule has 0 radical (unpaired) electrons. The zero-order valence-electron chi connectivity index (χ0n) is 12.0. The molecule has 2 saturated carbocycles. The Bertz CT molecular complexity index is 317. The first-order chi connectivity index (χ1) is 7.89. The summed E-state index contributed by atoms with van der Waals surface area (Å²) in [6.07, 6.45) is 8.27. The fraction of sp³-hybridized carbons (Fsp3) is 1.00. The molecule has 4 atom stereocenters. The average molecular weight is 236 g/mol. The molecule has 0 aromatic heterocycles. The van der Waals surface area contributed by atoms with Crippen molar-refractivity contribution >= 4 is 0 Å². The molecule has 17 heavy (non-hydrogen) atoms. The highest BCUT2D eigenvalue weighted by Crippen LogP contribution is 2.64. The van der Waals surface area contributed by atoms with Gasteiger partial charge in [0.05, 0.1) is 5.60 Å². The van der Waals surface area contributed by atoms with Gasteiger partial charge in [-0.25, -0.2) is 0 Å². The Hall–Kier alpha value is -0.0400. The summed E-state index contributed by atoms with van der Waals surface area (Å²) in [4.78, 5) is 0. The lowest BCUT2D eigenvalue weighted by atomic mass is 9.46. The SMILES string of the molecule is CC1(C)CCC[C@]2(C)C1CCC1(C)OCC[C@H]12. The van der Waals surface area contributed by atoms with Crippen molar-refractivity contribution < 1.29 is 4.74 Å². The van der Waals surface area contributed by atoms with Crippen molar-refractivity contribution in [2.75, 3.05) is 6.61 Å². The molecule has 0 aromatic rings. The van der Waals surface area contributed by atoms with Crippen LogP contribution in [0.15, 0.2) is 0 Å². The van der Waals surface area contributed by atoms with Crippen molar-refractivity contribution in [1.82, 2.24) is 0 Å². The van der Waals surface area contributed by atoms with E-state index in [-0.39, 0.29) is 5.60 Å². The predicted octanol–water partition coefficient (Wildman–Crippen LogP) is 4.41. The smallest absolute Gasteiger partial charge is 0.0688 e. The second kappa shape index (κ2) is 3.50. The van der Waals surface area contributed by atoms with Gasteiger partial charge in [0, 0.05) is 6.61 Å². The second-order valence-corrected chi connectivity index (χ2v) is 7.94. The van der Waals surface area contributed by atoms with E-state index < -0.39 is 0 Å². The van der Waals surface area contributed by atoms with Gasteiger partial charge in [-0.3, -0.25) is 0 Å². The molecular weight excluding hydrogens is 208 g/mol. The van der Waals surface area contributed by atoms with E-state index >= 15 is 0 Å². The summed E-state index contributed by atoms with van der Waals surface area (Å²) in [5, 5.41) is 0. The predicted molar refractivity (Wildman–Crippen MR) is 70.9 cm³/mol. The van der Waals surface area contributed by atoms with Crippen LogP contribution in [-0.4, -0.2) is 12.2 Å². The molecule has 2 aliphatic carbocycles. The molecule has 0 N–H and O–H groups in total. The third kappa shape index (κ3) is 1.54. The van der Waals surface area contributed by atoms with Crippen LogP contribution in [-0.2, 0) is 4.74 Å². The minimum absolute atomic E-state index is 0.207. The Kier molecular flexibility index (Phi) is 2.47. The standard InChI is InChI=1S/C16H28O/c1-14(2)8-5-9-15(3)12(14)6-10-16(4)13(15)7-11-17-16/h12-13H,5-11H2,1-4H3/t12?,13-,15+,16?/m0/s1. The van der Waals surface area contributed by atoms with Crippen molar-refractivity contribution in [1.29, 1.82) is 0 Å². The van der Waals surface area contributed by atoms with E-state index in [0.717, 1.165) is 18.4 Å². The van der Waals surface area contributed by atoms with Crippen molar-refractivity contribution in [3.8, 4) is 0 Å². The number of hydrogen-bond donors (Lipinski definition) is 0. The summed E-state index contributed by atoms with van der Waals surface area (Å²) >= 11 is 0. The Morgan fingerprint density at radius 3 is 2.41 bits per heavy atom. The van der Waals surface area contributed by atoms with Gasteiger partial charge in [-0.05, 0) is 61.7 Å². The van der Waals surface area contributed by atoms with Crippen molar-refractivity contribution in [3.63, 3.8) is 0 Å². The normalized spacial score (nSPS) is 52.9. The van der Waals surface area contributed by atoms with E-state index in [1.807, 2.05) is 0 Å². The number of fused-ring (bicyclic) bond motifs is 3. The van der Waals surface area contributed by atoms with Gasteiger partial charge in [-0.15, -0.1) is 0 Å². The molecule has 2 unspecified atom stereocenters. The van der Waals surface area contributed by atoms with Crippen molar-refractivity contribution in [2.45, 2.75) is 71.8 Å². The Balaban J connectivity index is 1.98. The maximum atomic E-state index is 6.13. The molecule has 1 heterocycles. The van der Waals surface area contributed by atoms with Crippen LogP contribution in [0.5, 0.6) is 0 Å². The Labute approximate surface area is 106 Å². The van der Waals surface area contributed by atoms with E-state index in [0.29, 0.717) is 10.8 Å². The van der Waals surface area contributed by atoms with Gasteiger partial charge in [0.15, 0.2) is 0 Å². The Morgan fingerprint density at radius 1 is 0.882 bits per heavy atom. The van der Waals surface area contributed by atoms with Gasteiger partial charge in [0.25, 0.3) is 0 Å². The monoisotopic (exact) mass is 236 g/mol. The summed E-state index contributed by atoms with van der Waals surface area (Å²) < 4.78 is 6.13. The molecular formula is C16H28O. The molecule has 3 aliphatic rings. The van der Waals surface area contributed by atoms with Gasteiger partial charge in [0.1, 0.15) is 0 Å². The van der Waals surface area contributed by atoms with Crippen LogP contribution in [0.25, 0.3) is 0 Å². The zero-order chi connectivity index (χ0) is 12.3. The third-order valence-electron chi connectivity index (χ3n) is 6.58. The lowest BCUT2D eigenvalue weighted by Gasteiger charge is -2.60. The van der Waals surface area contributed by atoms with Crippen LogP contribution >= 0.6 is 0 Å². The number of hydrogen-bond acceptors (Lipinski definition) is 1. The van der Waals surface area contributed by atoms with Gasteiger partial charge < -0.3 is 4.74 Å². The molecule has 3 rings (SSSR count). The summed E-state index contributed by atoms with van der Waals surface area (Å²) in [5.74, 6) is 1.73. The molecule has 0 aromatic carbocycles. The van der Waals surface area contributed by atoms with Gasteiger partial charge in [-0.1, -0.05) is 27.2 Å². The number of rotatable bonds is 0. The quantitative estimate of drug-likeness (QED) is 0.605. The molecule has 3 fully saturated rings. The minimum atomic E-state index is 0.207. The van der Waals surface area contributed by atoms with Crippen LogP contribution in [0.3, 0.4) is 0 Å². The summed E-state index contributed by atoms with van der Waals surface area (Å²) in [6.45, 7) is 11.0. The zero-order valence-corrected chi connectivity index (χ0v) is 12.0. The van der Waals surface area contributed by atoms with Crippen LogP contribution in [0.2, 0.25) is 0 Å². The third-order valence-corrected chi connectivity index (χ3v) is 6.58.